The van der Waals surface area contributed by atoms with Gasteiger partial charge in [-0.1, -0.05) is 0 Å². The van der Waals surface area contributed by atoms with Gasteiger partial charge in [0.25, 0.3) is 5.91 Å². The Morgan fingerprint density at radius 1 is 1.55 bits per heavy atom. The number of H-pyrrole nitrogens is 1. The van der Waals surface area contributed by atoms with Crippen LogP contribution in [0.1, 0.15) is 22.5 Å². The molecule has 0 bridgehead atoms. The van der Waals surface area contributed by atoms with E-state index in [1.54, 1.807) is 6.92 Å². The van der Waals surface area contributed by atoms with Crippen LogP contribution in [0, 0.1) is 6.92 Å². The number of carboxylic acid groups (broad SMARTS) is 1. The summed E-state index contributed by atoms with van der Waals surface area (Å²) in [6.07, 6.45) is 1.58. The number of sulfone groups is 1. The predicted molar refractivity (Wildman–Crippen MR) is 69.1 cm³/mol. The molecular formula is C11H15N3O5S. The number of hydrogen-bond donors (Lipinski definition) is 2. The van der Waals surface area contributed by atoms with Crippen LogP contribution in [0.3, 0.4) is 0 Å². The summed E-state index contributed by atoms with van der Waals surface area (Å²) < 4.78 is 23.0. The zero-order chi connectivity index (χ0) is 14.9. The number of nitrogens with zero attached hydrogens (tertiary/aromatic N) is 2. The minimum absolute atomic E-state index is 0.0224. The summed E-state index contributed by atoms with van der Waals surface area (Å²) in [4.78, 5) is 24.4. The first kappa shape index (κ1) is 14.5. The molecule has 1 aromatic rings. The molecule has 0 radical (unpaired) electrons. The number of aromatic nitrogens is 2. The van der Waals surface area contributed by atoms with E-state index in [0.717, 1.165) is 4.90 Å². The average molecular weight is 301 g/mol. The largest absolute Gasteiger partial charge is 0.480 e. The number of carbonyl (C=O) groups excluding carboxylic acids is 1. The molecule has 9 heteroatoms. The first-order chi connectivity index (χ1) is 9.30. The highest BCUT2D eigenvalue weighted by Crippen LogP contribution is 2.20. The molecule has 2 N–H and O–H groups in total. The number of aryl methyl sites for hydroxylation is 1. The van der Waals surface area contributed by atoms with E-state index in [2.05, 4.69) is 10.2 Å². The third-order valence-corrected chi connectivity index (χ3v) is 5.03. The summed E-state index contributed by atoms with van der Waals surface area (Å²) >= 11 is 0. The lowest BCUT2D eigenvalue weighted by molar-refractivity contribution is -0.138. The van der Waals surface area contributed by atoms with Crippen molar-refractivity contribution >= 4 is 21.7 Å². The normalized spacial score (nSPS) is 20.8. The van der Waals surface area contributed by atoms with Crippen LogP contribution in [-0.4, -0.2) is 64.6 Å². The predicted octanol–water partition coefficient (Wildman–Crippen LogP) is -0.568. The summed E-state index contributed by atoms with van der Waals surface area (Å²) in [5.74, 6) is -1.90. The van der Waals surface area contributed by atoms with Gasteiger partial charge in [-0.25, -0.2) is 8.42 Å². The van der Waals surface area contributed by atoms with Crippen LogP contribution in [0.4, 0.5) is 0 Å². The Balaban J connectivity index is 2.27. The number of amides is 1. The summed E-state index contributed by atoms with van der Waals surface area (Å²) in [6.45, 7) is 1.12. The second kappa shape index (κ2) is 5.23. The molecule has 0 saturated carbocycles. The number of carboxylic acids is 1. The second-order valence-electron chi connectivity index (χ2n) is 4.79. The number of aromatic amines is 1. The third-order valence-electron chi connectivity index (χ3n) is 3.28. The van der Waals surface area contributed by atoms with Gasteiger partial charge >= 0.3 is 5.97 Å². The lowest BCUT2D eigenvalue weighted by atomic mass is 10.1. The molecule has 0 spiro atoms. The first-order valence-electron chi connectivity index (χ1n) is 6.03. The second-order valence-corrected chi connectivity index (χ2v) is 7.02. The maximum atomic E-state index is 12.4. The van der Waals surface area contributed by atoms with Crippen LogP contribution in [0.25, 0.3) is 0 Å². The van der Waals surface area contributed by atoms with Gasteiger partial charge < -0.3 is 10.0 Å². The van der Waals surface area contributed by atoms with Crippen LogP contribution in [0.5, 0.6) is 0 Å². The number of nitrogens with one attached hydrogen (secondary N) is 1. The van der Waals surface area contributed by atoms with Gasteiger partial charge in [-0.3, -0.25) is 14.7 Å². The Bertz CT molecular complexity index is 636. The standard InChI is InChI=1S/C11H15N3O5S/c1-7-9(4-12-13-7)11(17)14(5-10(15)16)8-2-3-20(18,19)6-8/h4,8H,2-3,5-6H2,1H3,(H,12,13)(H,15,16). The van der Waals surface area contributed by atoms with Crippen molar-refractivity contribution in [2.75, 3.05) is 18.1 Å². The maximum Gasteiger partial charge on any atom is 0.323 e. The fourth-order valence-electron chi connectivity index (χ4n) is 2.25. The molecule has 0 aromatic carbocycles. The third kappa shape index (κ3) is 2.98. The highest BCUT2D eigenvalue weighted by molar-refractivity contribution is 7.91. The summed E-state index contributed by atoms with van der Waals surface area (Å²) in [7, 11) is -3.20. The zero-order valence-corrected chi connectivity index (χ0v) is 11.7. The van der Waals surface area contributed by atoms with Gasteiger partial charge in [-0.05, 0) is 13.3 Å². The van der Waals surface area contributed by atoms with Crippen molar-refractivity contribution in [2.45, 2.75) is 19.4 Å². The van der Waals surface area contributed by atoms with Crippen molar-refractivity contribution in [3.8, 4) is 0 Å². The minimum atomic E-state index is -3.20. The number of carbonyl (C=O) groups is 2. The van der Waals surface area contributed by atoms with Crippen molar-refractivity contribution < 1.29 is 23.1 Å². The van der Waals surface area contributed by atoms with E-state index in [1.165, 1.54) is 6.20 Å². The highest BCUT2D eigenvalue weighted by atomic mass is 32.2. The molecule has 1 aliphatic rings. The van der Waals surface area contributed by atoms with E-state index in [1.807, 2.05) is 0 Å². The minimum Gasteiger partial charge on any atom is -0.480 e. The Kier molecular flexibility index (Phi) is 3.80. The molecule has 2 heterocycles. The van der Waals surface area contributed by atoms with Gasteiger partial charge in [0.05, 0.1) is 23.3 Å². The van der Waals surface area contributed by atoms with Gasteiger partial charge in [0, 0.05) is 11.7 Å². The molecule has 1 saturated heterocycles. The van der Waals surface area contributed by atoms with Crippen molar-refractivity contribution in [3.05, 3.63) is 17.5 Å². The van der Waals surface area contributed by atoms with Gasteiger partial charge in [0.1, 0.15) is 6.54 Å². The van der Waals surface area contributed by atoms with Crippen molar-refractivity contribution in [3.63, 3.8) is 0 Å². The van der Waals surface area contributed by atoms with E-state index in [0.29, 0.717) is 5.69 Å². The topological polar surface area (TPSA) is 120 Å². The van der Waals surface area contributed by atoms with Crippen LogP contribution < -0.4 is 0 Å². The molecule has 20 heavy (non-hydrogen) atoms. The fourth-order valence-corrected chi connectivity index (χ4v) is 3.99. The molecule has 1 aliphatic heterocycles. The van der Waals surface area contributed by atoms with Gasteiger partial charge in [0.2, 0.25) is 0 Å². The molecule has 1 aromatic heterocycles. The molecular weight excluding hydrogens is 286 g/mol. The Morgan fingerprint density at radius 3 is 2.70 bits per heavy atom. The monoisotopic (exact) mass is 301 g/mol. The van der Waals surface area contributed by atoms with Crippen LogP contribution >= 0.6 is 0 Å². The van der Waals surface area contributed by atoms with E-state index in [-0.39, 0.29) is 23.5 Å². The average Bonchev–Trinajstić information content (AvgIpc) is 2.91. The molecule has 1 unspecified atom stereocenters. The maximum absolute atomic E-state index is 12.4. The van der Waals surface area contributed by atoms with E-state index in [4.69, 9.17) is 5.11 Å². The van der Waals surface area contributed by atoms with E-state index in [9.17, 15) is 18.0 Å². The summed E-state index contributed by atoms with van der Waals surface area (Å²) in [6, 6.07) is -0.599. The van der Waals surface area contributed by atoms with Crippen molar-refractivity contribution in [1.82, 2.24) is 15.1 Å². The van der Waals surface area contributed by atoms with Crippen LogP contribution in [0.2, 0.25) is 0 Å². The van der Waals surface area contributed by atoms with E-state index >= 15 is 0 Å². The molecule has 1 fully saturated rings. The highest BCUT2D eigenvalue weighted by Gasteiger charge is 2.36. The Morgan fingerprint density at radius 2 is 2.25 bits per heavy atom. The molecule has 1 atom stereocenters. The number of aliphatic carboxylic acids is 1. The lowest BCUT2D eigenvalue weighted by Gasteiger charge is -2.26. The van der Waals surface area contributed by atoms with Crippen LogP contribution in [-0.2, 0) is 14.6 Å². The molecule has 2 rings (SSSR count). The lowest BCUT2D eigenvalue weighted by Crippen LogP contribution is -2.44. The van der Waals surface area contributed by atoms with Crippen molar-refractivity contribution in [1.29, 1.82) is 0 Å². The number of hydrogen-bond acceptors (Lipinski definition) is 5. The Hall–Kier alpha value is -1.90. The van der Waals surface area contributed by atoms with Gasteiger partial charge in [-0.15, -0.1) is 0 Å². The van der Waals surface area contributed by atoms with Crippen molar-refractivity contribution in [2.24, 2.45) is 0 Å². The SMILES string of the molecule is Cc1[nH]ncc1C(=O)N(CC(=O)O)C1CCS(=O)(=O)C1. The molecule has 0 aliphatic carbocycles. The van der Waals surface area contributed by atoms with Crippen LogP contribution in [0.15, 0.2) is 6.20 Å². The number of rotatable bonds is 4. The summed E-state index contributed by atoms with van der Waals surface area (Å²) in [5, 5.41) is 15.2. The Labute approximate surface area is 115 Å². The molecule has 110 valence electrons. The van der Waals surface area contributed by atoms with Gasteiger partial charge in [-0.2, -0.15) is 5.10 Å². The molecule has 8 nitrogen and oxygen atoms in total. The van der Waals surface area contributed by atoms with E-state index < -0.39 is 34.3 Å². The zero-order valence-electron chi connectivity index (χ0n) is 10.9. The first-order valence-corrected chi connectivity index (χ1v) is 7.85. The van der Waals surface area contributed by atoms with Gasteiger partial charge in [0.15, 0.2) is 9.84 Å². The summed E-state index contributed by atoms with van der Waals surface area (Å²) in [5.41, 5.74) is 0.779. The molecule has 1 amide bonds. The smallest absolute Gasteiger partial charge is 0.323 e. The quantitative estimate of drug-likeness (QED) is 0.768. The fraction of sp³-hybridized carbons (Fsp3) is 0.545.